The van der Waals surface area contributed by atoms with Crippen molar-refractivity contribution in [2.75, 3.05) is 5.73 Å². The highest BCUT2D eigenvalue weighted by atomic mass is 35.5. The smallest absolute Gasteiger partial charge is 0.255 e. The van der Waals surface area contributed by atoms with Gasteiger partial charge in [0.2, 0.25) is 0 Å². The molecule has 0 spiro atoms. The number of halogens is 1. The molecule has 3 N–H and O–H groups in total. The van der Waals surface area contributed by atoms with E-state index in [1.165, 1.54) is 0 Å². The molecular weight excluding hydrogens is 250 g/mol. The fraction of sp³-hybridized carbons (Fsp3) is 0.0769. The fourth-order valence-corrected chi connectivity index (χ4v) is 1.81. The van der Waals surface area contributed by atoms with Gasteiger partial charge in [0.05, 0.1) is 22.8 Å². The van der Waals surface area contributed by atoms with E-state index in [2.05, 4.69) is 10.3 Å². The summed E-state index contributed by atoms with van der Waals surface area (Å²) < 4.78 is 0. The van der Waals surface area contributed by atoms with Crippen LogP contribution in [0, 0.1) is 0 Å². The largest absolute Gasteiger partial charge is 0.398 e. The minimum absolute atomic E-state index is 0.301. The third-order valence-corrected chi connectivity index (χ3v) is 2.74. The summed E-state index contributed by atoms with van der Waals surface area (Å²) in [6.07, 6.45) is 1.67. The average Bonchev–Trinajstić information content (AvgIpc) is 2.37. The number of aromatic nitrogens is 1. The van der Waals surface area contributed by atoms with E-state index in [4.69, 9.17) is 17.3 Å². The van der Waals surface area contributed by atoms with E-state index in [0.717, 1.165) is 5.69 Å². The maximum absolute atomic E-state index is 12.0. The highest BCUT2D eigenvalue weighted by molar-refractivity contribution is 6.34. The van der Waals surface area contributed by atoms with E-state index < -0.39 is 0 Å². The van der Waals surface area contributed by atoms with Gasteiger partial charge in [0, 0.05) is 11.9 Å². The molecule has 0 fully saturated rings. The summed E-state index contributed by atoms with van der Waals surface area (Å²) in [5.74, 6) is -0.302. The Morgan fingerprint density at radius 1 is 1.28 bits per heavy atom. The monoisotopic (exact) mass is 261 g/mol. The van der Waals surface area contributed by atoms with Crippen LogP contribution < -0.4 is 11.1 Å². The molecule has 0 aliphatic carbocycles. The van der Waals surface area contributed by atoms with E-state index in [1.807, 2.05) is 18.2 Å². The molecule has 0 saturated carbocycles. The number of carbonyl (C=O) groups excluding carboxylic acids is 1. The fourth-order valence-electron chi connectivity index (χ4n) is 1.54. The number of nitrogens with two attached hydrogens (primary N) is 1. The van der Waals surface area contributed by atoms with Crippen LogP contribution in [-0.4, -0.2) is 10.9 Å². The van der Waals surface area contributed by atoms with Gasteiger partial charge in [-0.3, -0.25) is 9.78 Å². The molecule has 0 aliphatic rings. The lowest BCUT2D eigenvalue weighted by atomic mass is 10.1. The van der Waals surface area contributed by atoms with Crippen LogP contribution in [0.5, 0.6) is 0 Å². The van der Waals surface area contributed by atoms with E-state index in [-0.39, 0.29) is 5.91 Å². The molecule has 4 nitrogen and oxygen atoms in total. The zero-order valence-electron chi connectivity index (χ0n) is 9.56. The maximum Gasteiger partial charge on any atom is 0.255 e. The lowest BCUT2D eigenvalue weighted by Gasteiger charge is -2.08. The second-order valence-corrected chi connectivity index (χ2v) is 4.12. The second kappa shape index (κ2) is 5.51. The van der Waals surface area contributed by atoms with Gasteiger partial charge in [-0.1, -0.05) is 23.7 Å². The van der Waals surface area contributed by atoms with Crippen LogP contribution in [0.25, 0.3) is 0 Å². The number of anilines is 1. The first kappa shape index (κ1) is 12.4. The van der Waals surface area contributed by atoms with Crippen molar-refractivity contribution < 1.29 is 4.79 Å². The van der Waals surface area contributed by atoms with Crippen LogP contribution in [0.1, 0.15) is 16.1 Å². The highest BCUT2D eigenvalue weighted by Gasteiger charge is 2.13. The van der Waals surface area contributed by atoms with Crippen molar-refractivity contribution in [3.05, 3.63) is 58.9 Å². The third kappa shape index (κ3) is 2.78. The molecule has 92 valence electrons. The Balaban J connectivity index is 2.09. The maximum atomic E-state index is 12.0. The van der Waals surface area contributed by atoms with Crippen molar-refractivity contribution >= 4 is 23.2 Å². The Hall–Kier alpha value is -2.07. The van der Waals surface area contributed by atoms with Gasteiger partial charge >= 0.3 is 0 Å². The average molecular weight is 262 g/mol. The first-order valence-corrected chi connectivity index (χ1v) is 5.78. The molecule has 0 radical (unpaired) electrons. The first-order valence-electron chi connectivity index (χ1n) is 5.40. The summed E-state index contributed by atoms with van der Waals surface area (Å²) >= 11 is 5.95. The summed E-state index contributed by atoms with van der Waals surface area (Å²) in [4.78, 5) is 16.1. The zero-order chi connectivity index (χ0) is 13.0. The van der Waals surface area contributed by atoms with Crippen molar-refractivity contribution in [2.45, 2.75) is 6.54 Å². The molecule has 5 heteroatoms. The van der Waals surface area contributed by atoms with E-state index >= 15 is 0 Å². The molecule has 0 unspecified atom stereocenters. The number of amides is 1. The highest BCUT2D eigenvalue weighted by Crippen LogP contribution is 2.21. The number of hydrogen-bond donors (Lipinski definition) is 2. The number of hydrogen-bond acceptors (Lipinski definition) is 3. The van der Waals surface area contributed by atoms with Crippen LogP contribution in [0.15, 0.2) is 42.6 Å². The predicted molar refractivity (Wildman–Crippen MR) is 71.3 cm³/mol. The molecule has 1 aromatic heterocycles. The Bertz CT molecular complexity index is 537. The van der Waals surface area contributed by atoms with Gasteiger partial charge in [-0.2, -0.15) is 0 Å². The molecule has 1 aromatic carbocycles. The summed E-state index contributed by atoms with van der Waals surface area (Å²) in [5.41, 5.74) is 7.17. The molecule has 18 heavy (non-hydrogen) atoms. The molecular formula is C13H12ClN3O. The third-order valence-electron chi connectivity index (χ3n) is 2.43. The Morgan fingerprint density at radius 2 is 2.11 bits per heavy atom. The molecule has 0 aliphatic heterocycles. The summed E-state index contributed by atoms with van der Waals surface area (Å²) in [6.45, 7) is 0.338. The van der Waals surface area contributed by atoms with Crippen LogP contribution >= 0.6 is 11.6 Å². The van der Waals surface area contributed by atoms with Gasteiger partial charge in [-0.05, 0) is 24.3 Å². The number of nitrogen functional groups attached to an aromatic ring is 1. The predicted octanol–water partition coefficient (Wildman–Crippen LogP) is 2.25. The standard InChI is InChI=1S/C13H12ClN3O/c14-10-5-3-6-11(15)12(10)13(18)17-8-9-4-1-2-7-16-9/h1-7H,8,15H2,(H,17,18). The molecule has 0 bridgehead atoms. The number of nitrogens with one attached hydrogen (secondary N) is 1. The lowest BCUT2D eigenvalue weighted by molar-refractivity contribution is 0.0951. The number of pyridine rings is 1. The van der Waals surface area contributed by atoms with Gasteiger partial charge in [0.25, 0.3) is 5.91 Å². The van der Waals surface area contributed by atoms with Gasteiger partial charge in [-0.25, -0.2) is 0 Å². The molecule has 1 heterocycles. The van der Waals surface area contributed by atoms with Crippen LogP contribution in [-0.2, 0) is 6.54 Å². The summed E-state index contributed by atoms with van der Waals surface area (Å²) in [7, 11) is 0. The Kier molecular flexibility index (Phi) is 3.79. The van der Waals surface area contributed by atoms with E-state index in [9.17, 15) is 4.79 Å². The molecule has 0 atom stereocenters. The molecule has 2 aromatic rings. The number of benzene rings is 1. The Morgan fingerprint density at radius 3 is 2.78 bits per heavy atom. The Labute approximate surface area is 110 Å². The minimum atomic E-state index is -0.302. The SMILES string of the molecule is Nc1cccc(Cl)c1C(=O)NCc1ccccn1. The van der Waals surface area contributed by atoms with Crippen LogP contribution in [0.4, 0.5) is 5.69 Å². The van der Waals surface area contributed by atoms with Crippen molar-refractivity contribution in [3.63, 3.8) is 0 Å². The van der Waals surface area contributed by atoms with E-state index in [1.54, 1.807) is 24.4 Å². The summed E-state index contributed by atoms with van der Waals surface area (Å²) in [5, 5.41) is 3.07. The van der Waals surface area contributed by atoms with E-state index in [0.29, 0.717) is 22.8 Å². The number of nitrogens with zero attached hydrogens (tertiary/aromatic N) is 1. The molecule has 1 amide bonds. The van der Waals surface area contributed by atoms with Crippen molar-refractivity contribution in [1.82, 2.24) is 10.3 Å². The first-order chi connectivity index (χ1) is 8.68. The van der Waals surface area contributed by atoms with Crippen LogP contribution in [0.3, 0.4) is 0 Å². The topological polar surface area (TPSA) is 68.0 Å². The quantitative estimate of drug-likeness (QED) is 0.833. The normalized spacial score (nSPS) is 10.1. The number of carbonyl (C=O) groups is 1. The van der Waals surface area contributed by atoms with Gasteiger partial charge < -0.3 is 11.1 Å². The van der Waals surface area contributed by atoms with Crippen molar-refractivity contribution in [3.8, 4) is 0 Å². The number of rotatable bonds is 3. The molecule has 0 saturated heterocycles. The summed E-state index contributed by atoms with van der Waals surface area (Å²) in [6, 6.07) is 10.5. The van der Waals surface area contributed by atoms with Gasteiger partial charge in [0.1, 0.15) is 0 Å². The second-order valence-electron chi connectivity index (χ2n) is 3.71. The van der Waals surface area contributed by atoms with Crippen molar-refractivity contribution in [2.24, 2.45) is 0 Å². The lowest BCUT2D eigenvalue weighted by Crippen LogP contribution is -2.24. The van der Waals surface area contributed by atoms with Crippen LogP contribution in [0.2, 0.25) is 5.02 Å². The zero-order valence-corrected chi connectivity index (χ0v) is 10.3. The van der Waals surface area contributed by atoms with Gasteiger partial charge in [0.15, 0.2) is 0 Å². The molecule has 2 rings (SSSR count). The van der Waals surface area contributed by atoms with Gasteiger partial charge in [-0.15, -0.1) is 0 Å². The minimum Gasteiger partial charge on any atom is -0.398 e. The van der Waals surface area contributed by atoms with Crippen molar-refractivity contribution in [1.29, 1.82) is 0 Å².